The molecule has 1 N–H and O–H groups in total. The van der Waals surface area contributed by atoms with E-state index >= 15 is 0 Å². The van der Waals surface area contributed by atoms with Gasteiger partial charge in [0.05, 0.1) is 12.2 Å². The number of nitrogens with one attached hydrogen (secondary N) is 1. The maximum absolute atomic E-state index is 14.1. The molecule has 2 aromatic rings. The molecule has 0 radical (unpaired) electrons. The standard InChI is InChI=1S/C15H20FN3/c1-5-17-15(13-9-18-19(4)11(13)3)12-8-10(2)6-7-14(12)16/h6-9,15,17H,5H2,1-4H3. The fraction of sp³-hybridized carbons (Fsp3) is 0.400. The lowest BCUT2D eigenvalue weighted by molar-refractivity contribution is 0.556. The Morgan fingerprint density at radius 2 is 2.05 bits per heavy atom. The number of aryl methyl sites for hydroxylation is 2. The first-order chi connectivity index (χ1) is 9.04. The van der Waals surface area contributed by atoms with Gasteiger partial charge in [0.15, 0.2) is 0 Å². The molecule has 2 rings (SSSR count). The third kappa shape index (κ3) is 2.68. The van der Waals surface area contributed by atoms with Gasteiger partial charge < -0.3 is 5.32 Å². The SMILES string of the molecule is CCNC(c1cc(C)ccc1F)c1cnn(C)c1C. The van der Waals surface area contributed by atoms with Crippen molar-refractivity contribution in [1.82, 2.24) is 15.1 Å². The van der Waals surface area contributed by atoms with Crippen LogP contribution in [-0.4, -0.2) is 16.3 Å². The maximum Gasteiger partial charge on any atom is 0.128 e. The van der Waals surface area contributed by atoms with Crippen LogP contribution in [0.25, 0.3) is 0 Å². The van der Waals surface area contributed by atoms with Crippen LogP contribution in [0.4, 0.5) is 4.39 Å². The average Bonchev–Trinajstić information content (AvgIpc) is 2.71. The van der Waals surface area contributed by atoms with Crippen molar-refractivity contribution < 1.29 is 4.39 Å². The van der Waals surface area contributed by atoms with Crippen LogP contribution in [0.5, 0.6) is 0 Å². The van der Waals surface area contributed by atoms with E-state index in [1.54, 1.807) is 6.07 Å². The van der Waals surface area contributed by atoms with Gasteiger partial charge in [-0.3, -0.25) is 4.68 Å². The highest BCUT2D eigenvalue weighted by atomic mass is 19.1. The first-order valence-electron chi connectivity index (χ1n) is 6.52. The minimum absolute atomic E-state index is 0.154. The van der Waals surface area contributed by atoms with Gasteiger partial charge in [0.25, 0.3) is 0 Å². The molecule has 1 heterocycles. The largest absolute Gasteiger partial charge is 0.306 e. The van der Waals surface area contributed by atoms with Crippen molar-refractivity contribution in [2.75, 3.05) is 6.54 Å². The normalized spacial score (nSPS) is 12.7. The summed E-state index contributed by atoms with van der Waals surface area (Å²) in [6.07, 6.45) is 1.81. The lowest BCUT2D eigenvalue weighted by Crippen LogP contribution is -2.23. The van der Waals surface area contributed by atoms with Gasteiger partial charge in [-0.2, -0.15) is 5.10 Å². The van der Waals surface area contributed by atoms with Crippen LogP contribution in [0.1, 0.15) is 35.3 Å². The Balaban J connectivity index is 2.51. The van der Waals surface area contributed by atoms with Gasteiger partial charge in [-0.25, -0.2) is 4.39 Å². The van der Waals surface area contributed by atoms with Crippen molar-refractivity contribution in [1.29, 1.82) is 0 Å². The second kappa shape index (κ2) is 5.53. The smallest absolute Gasteiger partial charge is 0.128 e. The van der Waals surface area contributed by atoms with E-state index in [1.165, 1.54) is 6.07 Å². The molecule has 0 saturated heterocycles. The molecule has 0 aliphatic carbocycles. The Morgan fingerprint density at radius 1 is 1.32 bits per heavy atom. The Morgan fingerprint density at radius 3 is 2.63 bits per heavy atom. The quantitative estimate of drug-likeness (QED) is 0.917. The number of halogens is 1. The van der Waals surface area contributed by atoms with E-state index in [4.69, 9.17) is 0 Å². The molecule has 0 bridgehead atoms. The maximum atomic E-state index is 14.1. The molecule has 1 atom stereocenters. The summed E-state index contributed by atoms with van der Waals surface area (Å²) in [5, 5.41) is 7.60. The fourth-order valence-corrected chi connectivity index (χ4v) is 2.28. The summed E-state index contributed by atoms with van der Waals surface area (Å²) in [6.45, 7) is 6.77. The van der Waals surface area contributed by atoms with E-state index in [2.05, 4.69) is 10.4 Å². The van der Waals surface area contributed by atoms with Crippen LogP contribution >= 0.6 is 0 Å². The number of aromatic nitrogens is 2. The van der Waals surface area contributed by atoms with Gasteiger partial charge in [0.1, 0.15) is 5.82 Å². The van der Waals surface area contributed by atoms with Crippen molar-refractivity contribution in [2.24, 2.45) is 7.05 Å². The van der Waals surface area contributed by atoms with Crippen LogP contribution in [0.2, 0.25) is 0 Å². The Kier molecular flexibility index (Phi) is 4.00. The predicted octanol–water partition coefficient (Wildman–Crippen LogP) is 2.87. The Hall–Kier alpha value is -1.68. The molecule has 102 valence electrons. The lowest BCUT2D eigenvalue weighted by Gasteiger charge is -2.19. The summed E-state index contributed by atoms with van der Waals surface area (Å²) in [7, 11) is 1.90. The number of rotatable bonds is 4. The van der Waals surface area contributed by atoms with Gasteiger partial charge in [0, 0.05) is 23.9 Å². The van der Waals surface area contributed by atoms with Crippen LogP contribution in [0.3, 0.4) is 0 Å². The summed E-state index contributed by atoms with van der Waals surface area (Å²) in [4.78, 5) is 0. The highest BCUT2D eigenvalue weighted by Gasteiger charge is 2.21. The first kappa shape index (κ1) is 13.7. The van der Waals surface area contributed by atoms with E-state index in [-0.39, 0.29) is 11.9 Å². The average molecular weight is 261 g/mol. The van der Waals surface area contributed by atoms with Crippen molar-refractivity contribution >= 4 is 0 Å². The van der Waals surface area contributed by atoms with E-state index in [9.17, 15) is 4.39 Å². The van der Waals surface area contributed by atoms with E-state index in [1.807, 2.05) is 44.8 Å². The van der Waals surface area contributed by atoms with Crippen LogP contribution < -0.4 is 5.32 Å². The van der Waals surface area contributed by atoms with Crippen molar-refractivity contribution in [2.45, 2.75) is 26.8 Å². The van der Waals surface area contributed by atoms with Crippen LogP contribution in [-0.2, 0) is 7.05 Å². The number of benzene rings is 1. The van der Waals surface area contributed by atoms with Gasteiger partial charge in [0.2, 0.25) is 0 Å². The van der Waals surface area contributed by atoms with E-state index < -0.39 is 0 Å². The lowest BCUT2D eigenvalue weighted by atomic mass is 9.97. The molecule has 1 unspecified atom stereocenters. The zero-order valence-corrected chi connectivity index (χ0v) is 11.9. The Bertz CT molecular complexity index is 575. The van der Waals surface area contributed by atoms with E-state index in [0.29, 0.717) is 5.56 Å². The Labute approximate surface area is 113 Å². The van der Waals surface area contributed by atoms with Crippen LogP contribution in [0, 0.1) is 19.7 Å². The zero-order valence-electron chi connectivity index (χ0n) is 11.9. The molecule has 0 saturated carbocycles. The number of nitrogens with zero attached hydrogens (tertiary/aromatic N) is 2. The highest BCUT2D eigenvalue weighted by Crippen LogP contribution is 2.27. The van der Waals surface area contributed by atoms with Gasteiger partial charge >= 0.3 is 0 Å². The third-order valence-corrected chi connectivity index (χ3v) is 3.45. The molecule has 0 spiro atoms. The van der Waals surface area contributed by atoms with Gasteiger partial charge in [-0.05, 0) is 26.5 Å². The molecule has 0 aliphatic rings. The third-order valence-electron chi connectivity index (χ3n) is 3.45. The van der Waals surface area contributed by atoms with Crippen molar-refractivity contribution in [3.8, 4) is 0 Å². The summed E-state index contributed by atoms with van der Waals surface area (Å²) in [5.41, 5.74) is 3.81. The molecule has 3 nitrogen and oxygen atoms in total. The monoisotopic (exact) mass is 261 g/mol. The number of hydrogen-bond donors (Lipinski definition) is 1. The minimum atomic E-state index is -0.181. The van der Waals surface area contributed by atoms with E-state index in [0.717, 1.165) is 23.4 Å². The van der Waals surface area contributed by atoms with Crippen molar-refractivity contribution in [3.63, 3.8) is 0 Å². The predicted molar refractivity (Wildman–Crippen MR) is 74.6 cm³/mol. The molecule has 19 heavy (non-hydrogen) atoms. The summed E-state index contributed by atoms with van der Waals surface area (Å²) in [5.74, 6) is -0.181. The molecular weight excluding hydrogens is 241 g/mol. The molecule has 0 amide bonds. The first-order valence-corrected chi connectivity index (χ1v) is 6.52. The number of hydrogen-bond acceptors (Lipinski definition) is 2. The molecular formula is C15H20FN3. The summed E-state index contributed by atoms with van der Waals surface area (Å²) >= 11 is 0. The molecule has 0 aliphatic heterocycles. The minimum Gasteiger partial charge on any atom is -0.306 e. The molecule has 0 fully saturated rings. The highest BCUT2D eigenvalue weighted by molar-refractivity contribution is 5.36. The van der Waals surface area contributed by atoms with Crippen LogP contribution in [0.15, 0.2) is 24.4 Å². The molecule has 4 heteroatoms. The second-order valence-corrected chi connectivity index (χ2v) is 4.82. The van der Waals surface area contributed by atoms with Gasteiger partial charge in [-0.1, -0.05) is 24.6 Å². The summed E-state index contributed by atoms with van der Waals surface area (Å²) < 4.78 is 15.9. The van der Waals surface area contributed by atoms with Crippen molar-refractivity contribution in [3.05, 3.63) is 52.6 Å². The molecule has 1 aromatic carbocycles. The molecule has 1 aromatic heterocycles. The second-order valence-electron chi connectivity index (χ2n) is 4.82. The summed E-state index contributed by atoms with van der Waals surface area (Å²) in [6, 6.07) is 5.06. The zero-order chi connectivity index (χ0) is 14.0. The van der Waals surface area contributed by atoms with Gasteiger partial charge in [-0.15, -0.1) is 0 Å². The topological polar surface area (TPSA) is 29.9 Å². The fourth-order valence-electron chi connectivity index (χ4n) is 2.28.